The van der Waals surface area contributed by atoms with E-state index >= 15 is 0 Å². The van der Waals surface area contributed by atoms with Crippen LogP contribution in [-0.2, 0) is 16.0 Å². The standard InChI is InChI=1S/C11H12BrNO5/c1-17-10-4-3-7(6-9(10)13(15)16)5-8(12)11(14)18-2/h3-4,6,8H,5H2,1-2H3. The molecule has 0 N–H and O–H groups in total. The maximum Gasteiger partial charge on any atom is 0.319 e. The Balaban J connectivity index is 2.95. The number of ether oxygens (including phenoxy) is 2. The van der Waals surface area contributed by atoms with Crippen molar-refractivity contribution in [3.8, 4) is 5.75 Å². The molecule has 6 nitrogen and oxygen atoms in total. The summed E-state index contributed by atoms with van der Waals surface area (Å²) in [5.41, 5.74) is 0.523. The molecule has 18 heavy (non-hydrogen) atoms. The summed E-state index contributed by atoms with van der Waals surface area (Å²) in [6, 6.07) is 4.56. The van der Waals surface area contributed by atoms with Crippen molar-refractivity contribution >= 4 is 27.6 Å². The van der Waals surface area contributed by atoms with Crippen LogP contribution in [0.4, 0.5) is 5.69 Å². The van der Waals surface area contributed by atoms with Crippen LogP contribution >= 0.6 is 15.9 Å². The third-order valence-corrected chi connectivity index (χ3v) is 3.01. The molecule has 7 heteroatoms. The van der Waals surface area contributed by atoms with Crippen molar-refractivity contribution in [2.75, 3.05) is 14.2 Å². The number of esters is 1. The average Bonchev–Trinajstić information content (AvgIpc) is 2.37. The van der Waals surface area contributed by atoms with Crippen LogP contribution in [0, 0.1) is 10.1 Å². The van der Waals surface area contributed by atoms with Gasteiger partial charge in [-0.2, -0.15) is 0 Å². The SMILES string of the molecule is COC(=O)C(Br)Cc1ccc(OC)c([N+](=O)[O-])c1. The fourth-order valence-electron chi connectivity index (χ4n) is 1.42. The molecular formula is C11H12BrNO5. The van der Waals surface area contributed by atoms with Crippen molar-refractivity contribution in [2.45, 2.75) is 11.2 Å². The molecule has 0 fully saturated rings. The fourth-order valence-corrected chi connectivity index (χ4v) is 1.98. The zero-order valence-electron chi connectivity index (χ0n) is 9.88. The Bertz CT molecular complexity index is 463. The number of methoxy groups -OCH3 is 2. The zero-order chi connectivity index (χ0) is 13.7. The molecule has 1 rings (SSSR count). The molecule has 1 unspecified atom stereocenters. The second kappa shape index (κ2) is 6.34. The van der Waals surface area contributed by atoms with Crippen molar-refractivity contribution in [1.29, 1.82) is 0 Å². The second-order valence-electron chi connectivity index (χ2n) is 3.46. The summed E-state index contributed by atoms with van der Waals surface area (Å²) in [6.45, 7) is 0. The van der Waals surface area contributed by atoms with E-state index in [-0.39, 0.29) is 11.4 Å². The van der Waals surface area contributed by atoms with Crippen molar-refractivity contribution in [3.05, 3.63) is 33.9 Å². The van der Waals surface area contributed by atoms with Gasteiger partial charge in [0.2, 0.25) is 0 Å². The molecular weight excluding hydrogens is 306 g/mol. The number of hydrogen-bond donors (Lipinski definition) is 0. The van der Waals surface area contributed by atoms with Crippen molar-refractivity contribution in [3.63, 3.8) is 0 Å². The van der Waals surface area contributed by atoms with Gasteiger partial charge in [-0.15, -0.1) is 0 Å². The number of rotatable bonds is 5. The number of benzene rings is 1. The van der Waals surface area contributed by atoms with Gasteiger partial charge in [-0.05, 0) is 18.1 Å². The number of carbonyl (C=O) groups excluding carboxylic acids is 1. The number of nitro benzene ring substituents is 1. The molecule has 0 aliphatic carbocycles. The van der Waals surface area contributed by atoms with Crippen LogP contribution in [0.2, 0.25) is 0 Å². The monoisotopic (exact) mass is 317 g/mol. The molecule has 1 aromatic rings. The van der Waals surface area contributed by atoms with Crippen LogP contribution in [0.15, 0.2) is 18.2 Å². The summed E-state index contributed by atoms with van der Waals surface area (Å²) in [4.78, 5) is 21.0. The molecule has 0 radical (unpaired) electrons. The van der Waals surface area contributed by atoms with Crippen LogP contribution in [0.3, 0.4) is 0 Å². The van der Waals surface area contributed by atoms with E-state index in [0.29, 0.717) is 12.0 Å². The molecule has 0 aromatic heterocycles. The molecule has 98 valence electrons. The van der Waals surface area contributed by atoms with E-state index in [2.05, 4.69) is 20.7 Å². The molecule has 1 aromatic carbocycles. The lowest BCUT2D eigenvalue weighted by molar-refractivity contribution is -0.385. The topological polar surface area (TPSA) is 78.7 Å². The maximum atomic E-state index is 11.2. The molecule has 0 spiro atoms. The first-order valence-corrected chi connectivity index (χ1v) is 5.94. The quantitative estimate of drug-likeness (QED) is 0.359. The number of nitrogens with zero attached hydrogens (tertiary/aromatic N) is 1. The third kappa shape index (κ3) is 3.43. The number of alkyl halides is 1. The van der Waals surface area contributed by atoms with Gasteiger partial charge in [0.05, 0.1) is 19.1 Å². The Morgan fingerprint density at radius 2 is 2.17 bits per heavy atom. The minimum atomic E-state index is -0.532. The summed E-state index contributed by atoms with van der Waals surface area (Å²) in [7, 11) is 2.65. The largest absolute Gasteiger partial charge is 0.490 e. The smallest absolute Gasteiger partial charge is 0.319 e. The average molecular weight is 318 g/mol. The summed E-state index contributed by atoms with van der Waals surface area (Å²) in [5, 5.41) is 10.8. The Morgan fingerprint density at radius 3 is 2.67 bits per heavy atom. The van der Waals surface area contributed by atoms with Crippen LogP contribution in [-0.4, -0.2) is 29.9 Å². The lowest BCUT2D eigenvalue weighted by Gasteiger charge is -2.08. The first-order valence-electron chi connectivity index (χ1n) is 5.02. The Morgan fingerprint density at radius 1 is 1.50 bits per heavy atom. The van der Waals surface area contributed by atoms with E-state index in [1.165, 1.54) is 26.4 Å². The third-order valence-electron chi connectivity index (χ3n) is 2.31. The minimum Gasteiger partial charge on any atom is -0.490 e. The maximum absolute atomic E-state index is 11.2. The van der Waals surface area contributed by atoms with Gasteiger partial charge in [0.25, 0.3) is 0 Å². The Hall–Kier alpha value is -1.63. The summed E-state index contributed by atoms with van der Waals surface area (Å²) < 4.78 is 9.45. The van der Waals surface area contributed by atoms with Gasteiger partial charge >= 0.3 is 11.7 Å². The van der Waals surface area contributed by atoms with Crippen LogP contribution < -0.4 is 4.74 Å². The minimum absolute atomic E-state index is 0.125. The number of nitro groups is 1. The van der Waals surface area contributed by atoms with E-state index in [1.54, 1.807) is 6.07 Å². The van der Waals surface area contributed by atoms with Gasteiger partial charge in [0.1, 0.15) is 4.83 Å². The number of carbonyl (C=O) groups is 1. The molecule has 0 aliphatic rings. The fraction of sp³-hybridized carbons (Fsp3) is 0.364. The first-order chi connectivity index (χ1) is 8.49. The molecule has 0 amide bonds. The van der Waals surface area contributed by atoms with Gasteiger partial charge in [-0.3, -0.25) is 14.9 Å². The Kier molecular flexibility index (Phi) is 5.08. The predicted molar refractivity (Wildman–Crippen MR) is 68.1 cm³/mol. The highest BCUT2D eigenvalue weighted by atomic mass is 79.9. The van der Waals surface area contributed by atoms with E-state index in [9.17, 15) is 14.9 Å². The lowest BCUT2D eigenvalue weighted by Crippen LogP contribution is -2.18. The van der Waals surface area contributed by atoms with E-state index in [1.807, 2.05) is 0 Å². The van der Waals surface area contributed by atoms with Crippen molar-refractivity contribution in [1.82, 2.24) is 0 Å². The van der Waals surface area contributed by atoms with Gasteiger partial charge in [0, 0.05) is 6.07 Å². The highest BCUT2D eigenvalue weighted by molar-refractivity contribution is 9.10. The van der Waals surface area contributed by atoms with Gasteiger partial charge in [0.15, 0.2) is 5.75 Å². The van der Waals surface area contributed by atoms with Gasteiger partial charge in [-0.25, -0.2) is 0 Å². The van der Waals surface area contributed by atoms with Crippen LogP contribution in [0.25, 0.3) is 0 Å². The molecule has 0 heterocycles. The highest BCUT2D eigenvalue weighted by Gasteiger charge is 2.19. The summed E-state index contributed by atoms with van der Waals surface area (Å²) >= 11 is 3.16. The summed E-state index contributed by atoms with van der Waals surface area (Å²) in [6.07, 6.45) is 0.303. The molecule has 0 bridgehead atoms. The van der Waals surface area contributed by atoms with E-state index in [0.717, 1.165) is 0 Å². The van der Waals surface area contributed by atoms with E-state index in [4.69, 9.17) is 4.74 Å². The van der Waals surface area contributed by atoms with Crippen LogP contribution in [0.1, 0.15) is 5.56 Å². The number of hydrogen-bond acceptors (Lipinski definition) is 5. The second-order valence-corrected chi connectivity index (χ2v) is 4.56. The van der Waals surface area contributed by atoms with Gasteiger partial charge in [-0.1, -0.05) is 22.0 Å². The summed E-state index contributed by atoms with van der Waals surface area (Å²) in [5.74, 6) is -0.235. The van der Waals surface area contributed by atoms with E-state index < -0.39 is 15.7 Å². The molecule has 0 saturated carbocycles. The zero-order valence-corrected chi connectivity index (χ0v) is 11.5. The number of halogens is 1. The predicted octanol–water partition coefficient (Wildman–Crippen LogP) is 2.08. The molecule has 0 saturated heterocycles. The first kappa shape index (κ1) is 14.4. The van der Waals surface area contributed by atoms with Crippen molar-refractivity contribution in [2.24, 2.45) is 0 Å². The normalized spacial score (nSPS) is 11.7. The molecule has 0 aliphatic heterocycles. The Labute approximate surface area is 112 Å². The highest BCUT2D eigenvalue weighted by Crippen LogP contribution is 2.28. The van der Waals surface area contributed by atoms with Crippen molar-refractivity contribution < 1.29 is 19.2 Å². The van der Waals surface area contributed by atoms with Crippen LogP contribution in [0.5, 0.6) is 5.75 Å². The lowest BCUT2D eigenvalue weighted by atomic mass is 10.1. The van der Waals surface area contributed by atoms with Gasteiger partial charge < -0.3 is 9.47 Å². The molecule has 1 atom stereocenters.